The van der Waals surface area contributed by atoms with Crippen molar-refractivity contribution in [1.29, 1.82) is 0 Å². The van der Waals surface area contributed by atoms with Crippen LogP contribution in [0.25, 0.3) is 16.5 Å². The van der Waals surface area contributed by atoms with Gasteiger partial charge in [0.15, 0.2) is 0 Å². The quantitative estimate of drug-likeness (QED) is 0.503. The van der Waals surface area contributed by atoms with Gasteiger partial charge in [0.1, 0.15) is 5.60 Å². The summed E-state index contributed by atoms with van der Waals surface area (Å²) >= 11 is 0. The molecule has 0 spiro atoms. The smallest absolute Gasteiger partial charge is 0.407 e. The van der Waals surface area contributed by atoms with E-state index in [0.29, 0.717) is 13.1 Å². The van der Waals surface area contributed by atoms with Crippen molar-refractivity contribution in [3.05, 3.63) is 51.9 Å². The molecule has 0 saturated carbocycles. The number of hydrogen-bond donors (Lipinski definition) is 1. The van der Waals surface area contributed by atoms with Crippen molar-refractivity contribution in [2.75, 3.05) is 6.54 Å². The van der Waals surface area contributed by atoms with Gasteiger partial charge in [-0.2, -0.15) is 0 Å². The summed E-state index contributed by atoms with van der Waals surface area (Å²) in [5.74, 6) is 0. The number of nitrogens with one attached hydrogen (secondary N) is 1. The van der Waals surface area contributed by atoms with Crippen LogP contribution >= 0.6 is 0 Å². The topological polar surface area (TPSA) is 87.1 Å². The van der Waals surface area contributed by atoms with Gasteiger partial charge in [0, 0.05) is 18.0 Å². The Bertz CT molecular complexity index is 555. The van der Waals surface area contributed by atoms with Crippen LogP contribution in [0.15, 0.2) is 35.5 Å². The van der Waals surface area contributed by atoms with E-state index in [1.165, 1.54) is 0 Å². The maximum absolute atomic E-state index is 11.6. The van der Waals surface area contributed by atoms with E-state index in [9.17, 15) is 4.79 Å². The zero-order valence-corrected chi connectivity index (χ0v) is 12.5. The molecule has 112 valence electrons. The number of benzene rings is 1. The summed E-state index contributed by atoms with van der Waals surface area (Å²) < 4.78 is 5.17. The molecule has 21 heavy (non-hydrogen) atoms. The Hall–Kier alpha value is -2.46. The largest absolute Gasteiger partial charge is 0.444 e. The van der Waals surface area contributed by atoms with Gasteiger partial charge >= 0.3 is 6.09 Å². The monoisotopic (exact) mass is 288 g/mol. The van der Waals surface area contributed by atoms with Crippen LogP contribution < -0.4 is 5.32 Å². The second-order valence-corrected chi connectivity index (χ2v) is 5.42. The molecular formula is C15H20N4O2. The lowest BCUT2D eigenvalue weighted by molar-refractivity contribution is 0.0523. The summed E-state index contributed by atoms with van der Waals surface area (Å²) in [4.78, 5) is 14.2. The van der Waals surface area contributed by atoms with Crippen molar-refractivity contribution in [3.63, 3.8) is 0 Å². The molecule has 0 heterocycles. The van der Waals surface area contributed by atoms with E-state index in [0.717, 1.165) is 11.1 Å². The number of rotatable bonds is 5. The highest BCUT2D eigenvalue weighted by atomic mass is 16.6. The summed E-state index contributed by atoms with van der Waals surface area (Å²) in [5.41, 5.74) is 9.62. The fourth-order valence-electron chi connectivity index (χ4n) is 1.57. The van der Waals surface area contributed by atoms with E-state index >= 15 is 0 Å². The van der Waals surface area contributed by atoms with Crippen LogP contribution in [0.3, 0.4) is 0 Å². The van der Waals surface area contributed by atoms with Gasteiger partial charge in [-0.15, -0.1) is 0 Å². The highest BCUT2D eigenvalue weighted by Crippen LogP contribution is 2.09. The third-order valence-electron chi connectivity index (χ3n) is 2.35. The van der Waals surface area contributed by atoms with Crippen molar-refractivity contribution in [3.8, 4) is 0 Å². The van der Waals surface area contributed by atoms with E-state index in [1.807, 2.05) is 51.1 Å². The Morgan fingerprint density at radius 1 is 1.48 bits per heavy atom. The predicted octanol–water partition coefficient (Wildman–Crippen LogP) is 4.03. The van der Waals surface area contributed by atoms with E-state index in [2.05, 4.69) is 15.3 Å². The maximum atomic E-state index is 11.6. The van der Waals surface area contributed by atoms with Crippen molar-refractivity contribution in [2.24, 2.45) is 5.11 Å². The number of nitrogens with zero attached hydrogens (tertiary/aromatic N) is 3. The minimum atomic E-state index is -0.504. The maximum Gasteiger partial charge on any atom is 0.407 e. The van der Waals surface area contributed by atoms with E-state index in [4.69, 9.17) is 10.3 Å². The lowest BCUT2D eigenvalue weighted by atomic mass is 10.1. The molecule has 0 fully saturated rings. The lowest BCUT2D eigenvalue weighted by Crippen LogP contribution is -2.32. The molecule has 0 bridgehead atoms. The summed E-state index contributed by atoms with van der Waals surface area (Å²) in [6, 6.07) is 7.70. The van der Waals surface area contributed by atoms with Gasteiger partial charge in [0.05, 0.1) is 0 Å². The molecule has 6 nitrogen and oxygen atoms in total. The molecule has 0 atom stereocenters. The number of ether oxygens (including phenoxy) is 1. The Kier molecular flexibility index (Phi) is 6.30. The van der Waals surface area contributed by atoms with Gasteiger partial charge in [0.2, 0.25) is 0 Å². The van der Waals surface area contributed by atoms with Crippen LogP contribution in [0.4, 0.5) is 4.79 Å². The first-order valence-corrected chi connectivity index (χ1v) is 6.64. The summed E-state index contributed by atoms with van der Waals surface area (Å²) in [6.45, 7) is 6.18. The van der Waals surface area contributed by atoms with Gasteiger partial charge in [-0.3, -0.25) is 0 Å². The average molecular weight is 288 g/mol. The second kappa shape index (κ2) is 7.97. The first-order chi connectivity index (χ1) is 9.90. The molecule has 1 N–H and O–H groups in total. The summed E-state index contributed by atoms with van der Waals surface area (Å²) in [5, 5.41) is 6.13. The third-order valence-corrected chi connectivity index (χ3v) is 2.35. The first kappa shape index (κ1) is 16.6. The lowest BCUT2D eigenvalue weighted by Gasteiger charge is -2.19. The number of azide groups is 1. The molecule has 1 aromatic carbocycles. The molecular weight excluding hydrogens is 268 g/mol. The molecule has 1 aromatic rings. The van der Waals surface area contributed by atoms with Crippen LogP contribution in [-0.2, 0) is 11.3 Å². The summed E-state index contributed by atoms with van der Waals surface area (Å²) in [6.07, 6.45) is 3.21. The molecule has 1 amide bonds. The first-order valence-electron chi connectivity index (χ1n) is 6.64. The van der Waals surface area contributed by atoms with Crippen molar-refractivity contribution >= 4 is 12.2 Å². The minimum absolute atomic E-state index is 0.316. The molecule has 0 aliphatic carbocycles. The van der Waals surface area contributed by atoms with E-state index in [-0.39, 0.29) is 0 Å². The standard InChI is InChI=1S/C15H20N4O2/c1-15(2,3)21-14(20)17-11-13-7-4-6-12(10-13)8-5-9-18-19-16/h4-8,10H,9,11H2,1-3H3,(H,17,20). The number of alkyl carbamates (subject to hydrolysis) is 1. The van der Waals surface area contributed by atoms with Gasteiger partial charge in [-0.1, -0.05) is 35.5 Å². The molecule has 1 rings (SSSR count). The Labute approximate surface area is 124 Å². The van der Waals surface area contributed by atoms with E-state index in [1.54, 1.807) is 6.08 Å². The Balaban J connectivity index is 2.54. The molecule has 0 saturated heterocycles. The van der Waals surface area contributed by atoms with Crippen molar-refractivity contribution in [2.45, 2.75) is 32.9 Å². The minimum Gasteiger partial charge on any atom is -0.444 e. The molecule has 0 unspecified atom stereocenters. The Morgan fingerprint density at radius 3 is 2.90 bits per heavy atom. The summed E-state index contributed by atoms with van der Waals surface area (Å²) in [7, 11) is 0. The van der Waals surface area contributed by atoms with Gasteiger partial charge in [-0.05, 0) is 43.5 Å². The fourth-order valence-corrected chi connectivity index (χ4v) is 1.57. The van der Waals surface area contributed by atoms with E-state index < -0.39 is 11.7 Å². The third kappa shape index (κ3) is 7.64. The molecule has 6 heteroatoms. The van der Waals surface area contributed by atoms with Crippen LogP contribution in [0.5, 0.6) is 0 Å². The molecule has 0 aliphatic rings. The number of carbonyl (C=O) groups excluding carboxylic acids is 1. The predicted molar refractivity (Wildman–Crippen MR) is 82.6 cm³/mol. The number of amides is 1. The number of hydrogen-bond acceptors (Lipinski definition) is 3. The second-order valence-electron chi connectivity index (χ2n) is 5.42. The van der Waals surface area contributed by atoms with Gasteiger partial charge in [-0.25, -0.2) is 4.79 Å². The zero-order valence-electron chi connectivity index (χ0n) is 12.5. The zero-order chi connectivity index (χ0) is 15.7. The fraction of sp³-hybridized carbons (Fsp3) is 0.400. The Morgan fingerprint density at radius 2 is 2.24 bits per heavy atom. The van der Waals surface area contributed by atoms with Crippen LogP contribution in [0.1, 0.15) is 31.9 Å². The SMILES string of the molecule is CC(C)(C)OC(=O)NCc1cccc(C=CCN=[N+]=[N-])c1. The highest BCUT2D eigenvalue weighted by Gasteiger charge is 2.15. The average Bonchev–Trinajstić information content (AvgIpc) is 2.40. The molecule has 0 aromatic heterocycles. The van der Waals surface area contributed by atoms with Crippen LogP contribution in [0, 0.1) is 0 Å². The van der Waals surface area contributed by atoms with Gasteiger partial charge < -0.3 is 10.1 Å². The molecule has 0 aliphatic heterocycles. The molecule has 0 radical (unpaired) electrons. The van der Waals surface area contributed by atoms with Crippen LogP contribution in [0.2, 0.25) is 0 Å². The number of carbonyl (C=O) groups is 1. The van der Waals surface area contributed by atoms with Crippen molar-refractivity contribution in [1.82, 2.24) is 5.32 Å². The van der Waals surface area contributed by atoms with Gasteiger partial charge in [0.25, 0.3) is 0 Å². The van der Waals surface area contributed by atoms with Crippen LogP contribution in [-0.4, -0.2) is 18.2 Å². The highest BCUT2D eigenvalue weighted by molar-refractivity contribution is 5.67. The van der Waals surface area contributed by atoms with Crippen molar-refractivity contribution < 1.29 is 9.53 Å². The normalized spacial score (nSPS) is 11.0.